The molecule has 0 saturated carbocycles. The van der Waals surface area contributed by atoms with Crippen molar-refractivity contribution in [2.45, 2.75) is 32.8 Å². The summed E-state index contributed by atoms with van der Waals surface area (Å²) in [5, 5.41) is 0.763. The van der Waals surface area contributed by atoms with Crippen LogP contribution in [0.5, 0.6) is 17.2 Å². The van der Waals surface area contributed by atoms with E-state index < -0.39 is 5.97 Å². The number of anilines is 1. The molecule has 2 heterocycles. The SMILES string of the molecule is COc1ccc2c(c1)CCc1c-2nc2sc(C(=O)OC(C)C)c(N)c2c1-c1ccc(OC)c(OC)c1. The van der Waals surface area contributed by atoms with E-state index in [4.69, 9.17) is 29.7 Å². The molecule has 0 amide bonds. The molecular formula is C28H28N2O5S. The highest BCUT2D eigenvalue weighted by atomic mass is 32.1. The Hall–Kier alpha value is -3.78. The van der Waals surface area contributed by atoms with E-state index >= 15 is 0 Å². The fourth-order valence-electron chi connectivity index (χ4n) is 4.78. The zero-order valence-corrected chi connectivity index (χ0v) is 21.7. The zero-order valence-electron chi connectivity index (χ0n) is 20.9. The second-order valence-corrected chi connectivity index (χ2v) is 9.88. The van der Waals surface area contributed by atoms with E-state index in [0.29, 0.717) is 26.9 Å². The topological polar surface area (TPSA) is 92.9 Å². The van der Waals surface area contributed by atoms with Gasteiger partial charge < -0.3 is 24.7 Å². The first-order valence-electron chi connectivity index (χ1n) is 11.7. The van der Waals surface area contributed by atoms with E-state index in [0.717, 1.165) is 51.9 Å². The number of carbonyl (C=O) groups excluding carboxylic acids is 1. The van der Waals surface area contributed by atoms with E-state index in [1.54, 1.807) is 21.3 Å². The number of nitrogen functional groups attached to an aromatic ring is 1. The number of nitrogens with two attached hydrogens (primary N) is 1. The number of aryl methyl sites for hydroxylation is 1. The predicted octanol–water partition coefficient (Wildman–Crippen LogP) is 5.90. The number of fused-ring (bicyclic) bond motifs is 4. The molecule has 0 aliphatic heterocycles. The van der Waals surface area contributed by atoms with Gasteiger partial charge in [0.1, 0.15) is 15.5 Å². The summed E-state index contributed by atoms with van der Waals surface area (Å²) in [7, 11) is 4.89. The molecular weight excluding hydrogens is 476 g/mol. The number of carbonyl (C=O) groups is 1. The van der Waals surface area contributed by atoms with Crippen LogP contribution >= 0.6 is 11.3 Å². The number of esters is 1. The van der Waals surface area contributed by atoms with E-state index in [1.807, 2.05) is 44.2 Å². The van der Waals surface area contributed by atoms with Crippen LogP contribution in [-0.2, 0) is 17.6 Å². The Balaban J connectivity index is 1.83. The molecule has 2 N–H and O–H groups in total. The lowest BCUT2D eigenvalue weighted by Crippen LogP contribution is -2.11. The minimum absolute atomic E-state index is 0.254. The number of benzene rings is 2. The van der Waals surface area contributed by atoms with Gasteiger partial charge >= 0.3 is 5.97 Å². The van der Waals surface area contributed by atoms with Crippen LogP contribution in [0.25, 0.3) is 32.6 Å². The van der Waals surface area contributed by atoms with E-state index in [1.165, 1.54) is 16.9 Å². The molecule has 0 bridgehead atoms. The summed E-state index contributed by atoms with van der Waals surface area (Å²) in [5.41, 5.74) is 13.1. The standard InChI is InChI=1S/C28H28N2O5S/c1-14(2)35-28(31)26-24(29)23-22(16-7-11-20(33-4)21(13-16)34-5)19-9-6-15-12-17(32-3)8-10-18(15)25(19)30-27(23)36-26/h7-8,10-14H,6,9,29H2,1-5H3. The minimum Gasteiger partial charge on any atom is -0.497 e. The second kappa shape index (κ2) is 9.35. The van der Waals surface area contributed by atoms with Crippen molar-refractivity contribution in [3.05, 3.63) is 52.4 Å². The number of hydrogen-bond acceptors (Lipinski definition) is 8. The molecule has 1 aliphatic carbocycles. The Morgan fingerprint density at radius 3 is 2.47 bits per heavy atom. The Bertz CT molecular complexity index is 1490. The van der Waals surface area contributed by atoms with Crippen molar-refractivity contribution < 1.29 is 23.7 Å². The van der Waals surface area contributed by atoms with Gasteiger partial charge in [0.2, 0.25) is 0 Å². The van der Waals surface area contributed by atoms with E-state index in [2.05, 4.69) is 6.07 Å². The normalized spacial score (nSPS) is 12.3. The minimum atomic E-state index is -0.438. The van der Waals surface area contributed by atoms with Crippen molar-refractivity contribution in [1.82, 2.24) is 4.98 Å². The van der Waals surface area contributed by atoms with Gasteiger partial charge in [-0.1, -0.05) is 6.07 Å². The molecule has 0 spiro atoms. The highest BCUT2D eigenvalue weighted by molar-refractivity contribution is 7.21. The Kier molecular flexibility index (Phi) is 6.22. The van der Waals surface area contributed by atoms with Crippen molar-refractivity contribution in [3.8, 4) is 39.6 Å². The van der Waals surface area contributed by atoms with Crippen LogP contribution in [0.2, 0.25) is 0 Å². The highest BCUT2D eigenvalue weighted by Gasteiger charge is 2.29. The fourth-order valence-corrected chi connectivity index (χ4v) is 5.77. The Morgan fingerprint density at radius 1 is 1.00 bits per heavy atom. The number of thiophene rings is 1. The number of pyridine rings is 1. The number of rotatable bonds is 6. The Labute approximate surface area is 213 Å². The van der Waals surface area contributed by atoms with Gasteiger partial charge in [0.05, 0.1) is 38.8 Å². The lowest BCUT2D eigenvalue weighted by molar-refractivity contribution is 0.0385. The van der Waals surface area contributed by atoms with Crippen LogP contribution in [0.3, 0.4) is 0 Å². The molecule has 1 aliphatic rings. The van der Waals surface area contributed by atoms with Crippen molar-refractivity contribution in [2.75, 3.05) is 27.1 Å². The Morgan fingerprint density at radius 2 is 1.78 bits per heavy atom. The van der Waals surface area contributed by atoms with Gasteiger partial charge in [-0.25, -0.2) is 9.78 Å². The van der Waals surface area contributed by atoms with Crippen molar-refractivity contribution in [3.63, 3.8) is 0 Å². The number of ether oxygens (including phenoxy) is 4. The van der Waals surface area contributed by atoms with Gasteiger partial charge in [0.25, 0.3) is 0 Å². The maximum Gasteiger partial charge on any atom is 0.350 e. The third kappa shape index (κ3) is 3.91. The van der Waals surface area contributed by atoms with Crippen molar-refractivity contribution in [2.24, 2.45) is 0 Å². The van der Waals surface area contributed by atoms with Crippen LogP contribution < -0.4 is 19.9 Å². The maximum absolute atomic E-state index is 12.9. The van der Waals surface area contributed by atoms with Gasteiger partial charge in [-0.15, -0.1) is 11.3 Å². The number of hydrogen-bond donors (Lipinski definition) is 1. The molecule has 186 valence electrons. The van der Waals surface area contributed by atoms with Crippen LogP contribution in [-0.4, -0.2) is 38.4 Å². The summed E-state index contributed by atoms with van der Waals surface area (Å²) in [6.45, 7) is 3.64. The quantitative estimate of drug-likeness (QED) is 0.327. The molecule has 0 saturated heterocycles. The molecule has 7 nitrogen and oxygen atoms in total. The van der Waals surface area contributed by atoms with Gasteiger partial charge in [-0.2, -0.15) is 0 Å². The van der Waals surface area contributed by atoms with Crippen LogP contribution in [0.1, 0.15) is 34.6 Å². The largest absolute Gasteiger partial charge is 0.497 e. The van der Waals surface area contributed by atoms with Gasteiger partial charge in [0, 0.05) is 10.9 Å². The fraction of sp³-hybridized carbons (Fsp3) is 0.286. The monoisotopic (exact) mass is 504 g/mol. The summed E-state index contributed by atoms with van der Waals surface area (Å²) >= 11 is 1.26. The molecule has 5 rings (SSSR count). The summed E-state index contributed by atoms with van der Waals surface area (Å²) in [6.07, 6.45) is 1.35. The summed E-state index contributed by atoms with van der Waals surface area (Å²) in [5.74, 6) is 1.63. The second-order valence-electron chi connectivity index (χ2n) is 8.89. The molecule has 4 aromatic rings. The van der Waals surface area contributed by atoms with Gasteiger partial charge in [0.15, 0.2) is 11.5 Å². The summed E-state index contributed by atoms with van der Waals surface area (Å²) in [6, 6.07) is 11.9. The molecule has 0 unspecified atom stereocenters. The van der Waals surface area contributed by atoms with Crippen molar-refractivity contribution >= 4 is 33.2 Å². The van der Waals surface area contributed by atoms with Crippen LogP contribution in [0.15, 0.2) is 36.4 Å². The predicted molar refractivity (Wildman–Crippen MR) is 143 cm³/mol. The summed E-state index contributed by atoms with van der Waals surface area (Å²) < 4.78 is 22.0. The smallest absolute Gasteiger partial charge is 0.350 e. The lowest BCUT2D eigenvalue weighted by Gasteiger charge is -2.23. The zero-order chi connectivity index (χ0) is 25.6. The van der Waals surface area contributed by atoms with E-state index in [-0.39, 0.29) is 6.10 Å². The van der Waals surface area contributed by atoms with Crippen LogP contribution in [0, 0.1) is 0 Å². The number of nitrogens with zero attached hydrogens (tertiary/aromatic N) is 1. The lowest BCUT2D eigenvalue weighted by atomic mass is 9.83. The summed E-state index contributed by atoms with van der Waals surface area (Å²) in [4.78, 5) is 19.0. The van der Waals surface area contributed by atoms with Gasteiger partial charge in [-0.05, 0) is 79.3 Å². The molecule has 2 aromatic carbocycles. The highest BCUT2D eigenvalue weighted by Crippen LogP contribution is 2.48. The molecule has 0 radical (unpaired) electrons. The molecule has 0 fully saturated rings. The third-order valence-corrected chi connectivity index (χ3v) is 7.47. The van der Waals surface area contributed by atoms with Crippen molar-refractivity contribution in [1.29, 1.82) is 0 Å². The number of methoxy groups -OCH3 is 3. The average Bonchev–Trinajstić information content (AvgIpc) is 3.22. The molecule has 36 heavy (non-hydrogen) atoms. The average molecular weight is 505 g/mol. The molecule has 8 heteroatoms. The molecule has 0 atom stereocenters. The first-order valence-corrected chi connectivity index (χ1v) is 12.5. The number of aromatic nitrogens is 1. The first-order chi connectivity index (χ1) is 17.4. The van der Waals surface area contributed by atoms with Gasteiger partial charge in [-0.3, -0.25) is 0 Å². The maximum atomic E-state index is 12.9. The van der Waals surface area contributed by atoms with E-state index in [9.17, 15) is 4.79 Å². The van der Waals surface area contributed by atoms with Crippen LogP contribution in [0.4, 0.5) is 5.69 Å². The third-order valence-electron chi connectivity index (χ3n) is 6.39. The molecule has 2 aromatic heterocycles. The first kappa shape index (κ1) is 23.9.